The quantitative estimate of drug-likeness (QED) is 0.606. The number of nitrogens with two attached hydrogens (primary N) is 1. The van der Waals surface area contributed by atoms with E-state index in [0.29, 0.717) is 43.6 Å². The number of urea groups is 1. The Morgan fingerprint density at radius 3 is 2.69 bits per heavy atom. The number of carbonyl (C=O) groups is 1. The Morgan fingerprint density at radius 2 is 1.91 bits per heavy atom. The number of anilines is 3. The maximum atomic E-state index is 12.7. The molecule has 10 nitrogen and oxygen atoms in total. The number of rotatable bonds is 6. The number of hydrogen-bond acceptors (Lipinski definition) is 8. The Balaban J connectivity index is 1.35. The van der Waals surface area contributed by atoms with Gasteiger partial charge in [-0.1, -0.05) is 19.1 Å². The summed E-state index contributed by atoms with van der Waals surface area (Å²) in [4.78, 5) is 33.3. The van der Waals surface area contributed by atoms with Crippen molar-refractivity contribution in [2.75, 3.05) is 42.1 Å². The highest BCUT2D eigenvalue weighted by atomic mass is 16.5. The highest BCUT2D eigenvalue weighted by Gasteiger charge is 2.24. The Bertz CT molecular complexity index is 1070. The van der Waals surface area contributed by atoms with Crippen LogP contribution < -0.4 is 20.7 Å². The monoisotopic (exact) mass is 434 g/mol. The first-order valence-corrected chi connectivity index (χ1v) is 10.5. The van der Waals surface area contributed by atoms with Crippen LogP contribution in [0.2, 0.25) is 0 Å². The summed E-state index contributed by atoms with van der Waals surface area (Å²) in [7, 11) is 0. The average Bonchev–Trinajstić information content (AvgIpc) is 2.83. The minimum absolute atomic E-state index is 0.102. The first-order chi connectivity index (χ1) is 15.6. The number of nitrogen functional groups attached to an aromatic ring is 1. The molecule has 3 N–H and O–H groups in total. The number of piperazine rings is 1. The van der Waals surface area contributed by atoms with E-state index in [1.165, 1.54) is 5.56 Å². The predicted molar refractivity (Wildman–Crippen MR) is 121 cm³/mol. The van der Waals surface area contributed by atoms with E-state index >= 15 is 0 Å². The van der Waals surface area contributed by atoms with Gasteiger partial charge in [0.25, 0.3) is 5.88 Å². The minimum atomic E-state index is -0.102. The van der Waals surface area contributed by atoms with Crippen molar-refractivity contribution < 1.29 is 9.53 Å². The zero-order valence-electron chi connectivity index (χ0n) is 17.9. The number of hydrogen-bond donors (Lipinski definition) is 2. The topological polar surface area (TPSA) is 122 Å². The third-order valence-corrected chi connectivity index (χ3v) is 5.19. The molecule has 1 aliphatic rings. The summed E-state index contributed by atoms with van der Waals surface area (Å²) in [6.07, 6.45) is 5.73. The molecule has 1 fully saturated rings. The van der Waals surface area contributed by atoms with Crippen LogP contribution in [-0.2, 0) is 13.0 Å². The molecule has 166 valence electrons. The van der Waals surface area contributed by atoms with Crippen LogP contribution in [0.3, 0.4) is 0 Å². The van der Waals surface area contributed by atoms with Crippen LogP contribution in [0.25, 0.3) is 0 Å². The molecule has 1 saturated heterocycles. The van der Waals surface area contributed by atoms with Gasteiger partial charge < -0.3 is 25.6 Å². The van der Waals surface area contributed by atoms with Crippen LogP contribution in [0.15, 0.2) is 48.9 Å². The van der Waals surface area contributed by atoms with E-state index in [-0.39, 0.29) is 18.6 Å². The second-order valence-electron chi connectivity index (χ2n) is 7.34. The lowest BCUT2D eigenvalue weighted by Gasteiger charge is -2.35. The third kappa shape index (κ3) is 5.20. The summed E-state index contributed by atoms with van der Waals surface area (Å²) >= 11 is 0. The van der Waals surface area contributed by atoms with Gasteiger partial charge in [0.1, 0.15) is 6.61 Å². The fourth-order valence-electron chi connectivity index (χ4n) is 3.47. The van der Waals surface area contributed by atoms with E-state index in [2.05, 4.69) is 43.1 Å². The van der Waals surface area contributed by atoms with Gasteiger partial charge in [-0.3, -0.25) is 0 Å². The number of amides is 2. The Kier molecular flexibility index (Phi) is 6.59. The second kappa shape index (κ2) is 9.90. The number of carbonyl (C=O) groups excluding carboxylic acids is 1. The molecule has 1 aromatic carbocycles. The Hall–Kier alpha value is -3.95. The molecule has 1 aliphatic heterocycles. The van der Waals surface area contributed by atoms with Crippen LogP contribution in [0, 0.1) is 0 Å². The van der Waals surface area contributed by atoms with Gasteiger partial charge in [0, 0.05) is 50.5 Å². The van der Waals surface area contributed by atoms with Crippen molar-refractivity contribution >= 4 is 23.5 Å². The van der Waals surface area contributed by atoms with Gasteiger partial charge in [-0.15, -0.1) is 0 Å². The maximum Gasteiger partial charge on any atom is 0.321 e. The standard InChI is InChI=1S/C22H26N8O2/c1-2-16-4-3-5-17(14-16)28-22(31)30-12-10-29(11-13-30)19-20(25-9-8-24-19)32-15-18-6-7-26-21(23)27-18/h3-9,14H,2,10-13,15H2,1H3,(H,28,31)(H2,23,26,27). The molecule has 0 spiro atoms. The molecule has 3 heterocycles. The van der Waals surface area contributed by atoms with Crippen molar-refractivity contribution in [1.82, 2.24) is 24.8 Å². The molecule has 2 amide bonds. The molecular weight excluding hydrogens is 408 g/mol. The fourth-order valence-corrected chi connectivity index (χ4v) is 3.47. The second-order valence-corrected chi connectivity index (χ2v) is 7.34. The normalized spacial score (nSPS) is 13.7. The largest absolute Gasteiger partial charge is 0.469 e. The molecule has 3 aromatic rings. The van der Waals surface area contributed by atoms with Crippen LogP contribution in [0.4, 0.5) is 22.2 Å². The van der Waals surface area contributed by atoms with Crippen LogP contribution in [0.5, 0.6) is 5.88 Å². The van der Waals surface area contributed by atoms with E-state index in [1.807, 2.05) is 18.2 Å². The van der Waals surface area contributed by atoms with Crippen molar-refractivity contribution in [1.29, 1.82) is 0 Å². The molecule has 0 unspecified atom stereocenters. The lowest BCUT2D eigenvalue weighted by molar-refractivity contribution is 0.207. The first kappa shape index (κ1) is 21.3. The zero-order valence-corrected chi connectivity index (χ0v) is 17.9. The molecule has 0 atom stereocenters. The molecule has 0 radical (unpaired) electrons. The van der Waals surface area contributed by atoms with Crippen LogP contribution in [0.1, 0.15) is 18.2 Å². The van der Waals surface area contributed by atoms with E-state index in [9.17, 15) is 4.79 Å². The highest BCUT2D eigenvalue weighted by molar-refractivity contribution is 5.89. The van der Waals surface area contributed by atoms with Crippen molar-refractivity contribution in [3.8, 4) is 5.88 Å². The fraction of sp³-hybridized carbons (Fsp3) is 0.318. The molecule has 0 bridgehead atoms. The van der Waals surface area contributed by atoms with Crippen molar-refractivity contribution in [3.05, 3.63) is 60.2 Å². The molecule has 2 aromatic heterocycles. The number of aromatic nitrogens is 4. The number of ether oxygens (including phenoxy) is 1. The minimum Gasteiger partial charge on any atom is -0.469 e. The van der Waals surface area contributed by atoms with Gasteiger partial charge in [0.15, 0.2) is 5.82 Å². The SMILES string of the molecule is CCc1cccc(NC(=O)N2CCN(c3nccnc3OCc3ccnc(N)n3)CC2)c1. The summed E-state index contributed by atoms with van der Waals surface area (Å²) in [5.41, 5.74) is 8.28. The molecule has 4 rings (SSSR count). The number of benzene rings is 1. The van der Waals surface area contributed by atoms with Crippen molar-refractivity contribution in [2.45, 2.75) is 20.0 Å². The molecule has 32 heavy (non-hydrogen) atoms. The molecular formula is C22H26N8O2. The average molecular weight is 435 g/mol. The van der Waals surface area contributed by atoms with E-state index in [0.717, 1.165) is 12.1 Å². The van der Waals surface area contributed by atoms with E-state index < -0.39 is 0 Å². The number of nitrogens with one attached hydrogen (secondary N) is 1. The summed E-state index contributed by atoms with van der Waals surface area (Å²) in [5.74, 6) is 1.26. The lowest BCUT2D eigenvalue weighted by Crippen LogP contribution is -2.50. The van der Waals surface area contributed by atoms with Gasteiger partial charge >= 0.3 is 6.03 Å². The van der Waals surface area contributed by atoms with Crippen molar-refractivity contribution in [2.24, 2.45) is 0 Å². The Labute approximate surface area is 186 Å². The van der Waals surface area contributed by atoms with Gasteiger partial charge in [0.05, 0.1) is 5.69 Å². The maximum absolute atomic E-state index is 12.7. The number of nitrogens with zero attached hydrogens (tertiary/aromatic N) is 6. The summed E-state index contributed by atoms with van der Waals surface area (Å²) < 4.78 is 5.85. The van der Waals surface area contributed by atoms with Crippen LogP contribution >= 0.6 is 0 Å². The van der Waals surface area contributed by atoms with E-state index in [4.69, 9.17) is 10.5 Å². The van der Waals surface area contributed by atoms with Crippen molar-refractivity contribution in [3.63, 3.8) is 0 Å². The van der Waals surface area contributed by atoms with Gasteiger partial charge in [-0.05, 0) is 30.2 Å². The van der Waals surface area contributed by atoms with Gasteiger partial charge in [-0.25, -0.2) is 24.7 Å². The highest BCUT2D eigenvalue weighted by Crippen LogP contribution is 2.24. The summed E-state index contributed by atoms with van der Waals surface area (Å²) in [6.45, 7) is 4.68. The molecule has 0 aliphatic carbocycles. The molecule has 0 saturated carbocycles. The molecule has 10 heteroatoms. The Morgan fingerprint density at radius 1 is 1.09 bits per heavy atom. The smallest absolute Gasteiger partial charge is 0.321 e. The van der Waals surface area contributed by atoms with Gasteiger partial charge in [-0.2, -0.15) is 0 Å². The first-order valence-electron chi connectivity index (χ1n) is 10.5. The van der Waals surface area contributed by atoms with Gasteiger partial charge in [0.2, 0.25) is 5.95 Å². The predicted octanol–water partition coefficient (Wildman–Crippen LogP) is 2.34. The van der Waals surface area contributed by atoms with Crippen LogP contribution in [-0.4, -0.2) is 57.0 Å². The van der Waals surface area contributed by atoms with E-state index in [1.54, 1.807) is 29.6 Å². The summed E-state index contributed by atoms with van der Waals surface area (Å²) in [6, 6.07) is 9.55. The third-order valence-electron chi connectivity index (χ3n) is 5.19. The zero-order chi connectivity index (χ0) is 22.3. The lowest BCUT2D eigenvalue weighted by atomic mass is 10.1. The number of aryl methyl sites for hydroxylation is 1. The summed E-state index contributed by atoms with van der Waals surface area (Å²) in [5, 5.41) is 2.99.